The van der Waals surface area contributed by atoms with Crippen molar-refractivity contribution in [1.29, 1.82) is 0 Å². The number of nitro groups is 1. The Balaban J connectivity index is 1.89. The molecular weight excluding hydrogens is 377 g/mol. The van der Waals surface area contributed by atoms with Gasteiger partial charge in [-0.05, 0) is 17.7 Å². The number of alkyl halides is 1. The molecule has 2 unspecified atom stereocenters. The Morgan fingerprint density at radius 1 is 1.50 bits per heavy atom. The van der Waals surface area contributed by atoms with Gasteiger partial charge in [0.05, 0.1) is 15.1 Å². The molecule has 2 rings (SSSR count). The van der Waals surface area contributed by atoms with Gasteiger partial charge in [0.2, 0.25) is 0 Å². The number of nitrogens with one attached hydrogen (secondary N) is 3. The molecule has 1 aromatic rings. The first-order chi connectivity index (χ1) is 9.58. The molecule has 0 saturated carbocycles. The maximum atomic E-state index is 11.8. The average Bonchev–Trinajstić information content (AvgIpc) is 2.85. The van der Waals surface area contributed by atoms with Crippen LogP contribution in [0.25, 0.3) is 0 Å². The molecule has 0 spiro atoms. The van der Waals surface area contributed by atoms with Crippen LogP contribution in [-0.4, -0.2) is 33.6 Å². The second kappa shape index (κ2) is 6.72. The third kappa shape index (κ3) is 3.71. The lowest BCUT2D eigenvalue weighted by Gasteiger charge is -2.10. The second-order valence-electron chi connectivity index (χ2n) is 4.10. The fourth-order valence-corrected chi connectivity index (χ4v) is 2.35. The molecule has 9 heteroatoms. The molecular formula is C11H12IN5O3. The Morgan fingerprint density at radius 2 is 2.20 bits per heavy atom. The van der Waals surface area contributed by atoms with Gasteiger partial charge in [0.25, 0.3) is 11.6 Å². The van der Waals surface area contributed by atoms with E-state index in [4.69, 9.17) is 0 Å². The van der Waals surface area contributed by atoms with E-state index in [0.717, 1.165) is 0 Å². The highest BCUT2D eigenvalue weighted by atomic mass is 127. The highest BCUT2D eigenvalue weighted by Gasteiger charge is 2.30. The molecule has 1 aromatic carbocycles. The Labute approximate surface area is 128 Å². The summed E-state index contributed by atoms with van der Waals surface area (Å²) in [6.45, 7) is 0.713. The van der Waals surface area contributed by atoms with Crippen LogP contribution in [0, 0.1) is 10.1 Å². The largest absolute Gasteiger partial charge is 0.271 e. The van der Waals surface area contributed by atoms with Gasteiger partial charge in [-0.15, -0.1) is 0 Å². The summed E-state index contributed by atoms with van der Waals surface area (Å²) in [4.78, 5) is 21.8. The van der Waals surface area contributed by atoms with Gasteiger partial charge in [-0.1, -0.05) is 22.6 Å². The van der Waals surface area contributed by atoms with Crippen LogP contribution in [0.5, 0.6) is 0 Å². The van der Waals surface area contributed by atoms with Crippen LogP contribution in [0.15, 0.2) is 29.4 Å². The van der Waals surface area contributed by atoms with Crippen LogP contribution in [0.2, 0.25) is 0 Å². The zero-order chi connectivity index (χ0) is 14.5. The smallest absolute Gasteiger partial charge is 0.269 e. The molecule has 0 bridgehead atoms. The standard InChI is InChI=1S/C11H12IN5O3/c12-9-6-14-15-10(9)11(18)16-13-5-7-1-3-8(4-2-7)17(19)20/h1-5,9-10,14-15H,6H2,(H,16,18)/b13-5+. The highest BCUT2D eigenvalue weighted by molar-refractivity contribution is 14.1. The van der Waals surface area contributed by atoms with Gasteiger partial charge in [-0.25, -0.2) is 10.9 Å². The zero-order valence-electron chi connectivity index (χ0n) is 10.2. The van der Waals surface area contributed by atoms with Crippen molar-refractivity contribution in [2.75, 3.05) is 6.54 Å². The molecule has 0 aliphatic carbocycles. The fourth-order valence-electron chi connectivity index (χ4n) is 1.63. The number of benzene rings is 1. The summed E-state index contributed by atoms with van der Waals surface area (Å²) >= 11 is 2.18. The Morgan fingerprint density at radius 3 is 2.75 bits per heavy atom. The molecule has 8 nitrogen and oxygen atoms in total. The van der Waals surface area contributed by atoms with E-state index in [1.165, 1.54) is 18.3 Å². The van der Waals surface area contributed by atoms with Crippen LogP contribution in [0.4, 0.5) is 5.69 Å². The Bertz CT molecular complexity index is 533. The number of hydrogen-bond donors (Lipinski definition) is 3. The predicted molar refractivity (Wildman–Crippen MR) is 81.6 cm³/mol. The van der Waals surface area contributed by atoms with Gasteiger partial charge >= 0.3 is 0 Å². The van der Waals surface area contributed by atoms with Gasteiger partial charge < -0.3 is 0 Å². The molecule has 3 N–H and O–H groups in total. The maximum absolute atomic E-state index is 11.8. The minimum atomic E-state index is -0.470. The third-order valence-electron chi connectivity index (χ3n) is 2.69. The van der Waals surface area contributed by atoms with Gasteiger partial charge in [0, 0.05) is 18.7 Å². The molecule has 1 fully saturated rings. The van der Waals surface area contributed by atoms with Crippen LogP contribution in [-0.2, 0) is 4.79 Å². The lowest BCUT2D eigenvalue weighted by atomic mass is 10.2. The molecule has 0 radical (unpaired) electrons. The number of carbonyl (C=O) groups excluding carboxylic acids is 1. The minimum Gasteiger partial charge on any atom is -0.271 e. The first kappa shape index (κ1) is 14.8. The van der Waals surface area contributed by atoms with Crippen molar-refractivity contribution in [3.05, 3.63) is 39.9 Å². The monoisotopic (exact) mass is 389 g/mol. The van der Waals surface area contributed by atoms with Gasteiger partial charge in [-0.3, -0.25) is 20.3 Å². The van der Waals surface area contributed by atoms with Crippen molar-refractivity contribution >= 4 is 40.4 Å². The van der Waals surface area contributed by atoms with Crippen molar-refractivity contribution < 1.29 is 9.72 Å². The zero-order valence-corrected chi connectivity index (χ0v) is 12.4. The van der Waals surface area contributed by atoms with E-state index >= 15 is 0 Å². The lowest BCUT2D eigenvalue weighted by molar-refractivity contribution is -0.384. The van der Waals surface area contributed by atoms with Crippen LogP contribution >= 0.6 is 22.6 Å². The van der Waals surface area contributed by atoms with E-state index < -0.39 is 4.92 Å². The van der Waals surface area contributed by atoms with E-state index in [-0.39, 0.29) is 21.6 Å². The number of hydrazone groups is 1. The van der Waals surface area contributed by atoms with E-state index in [1.807, 2.05) is 0 Å². The predicted octanol–water partition coefficient (Wildman–Crippen LogP) is 0.325. The van der Waals surface area contributed by atoms with Gasteiger partial charge in [-0.2, -0.15) is 5.10 Å². The summed E-state index contributed by atoms with van der Waals surface area (Å²) in [6.07, 6.45) is 1.44. The number of carbonyl (C=O) groups is 1. The summed E-state index contributed by atoms with van der Waals surface area (Å²) < 4.78 is 0.155. The number of hydrazine groups is 1. The van der Waals surface area contributed by atoms with Gasteiger partial charge in [0.1, 0.15) is 6.04 Å². The quantitative estimate of drug-likeness (QED) is 0.226. The van der Waals surface area contributed by atoms with Crippen molar-refractivity contribution in [2.45, 2.75) is 9.97 Å². The van der Waals surface area contributed by atoms with Crippen molar-refractivity contribution in [1.82, 2.24) is 16.3 Å². The summed E-state index contributed by atoms with van der Waals surface area (Å²) in [7, 11) is 0. The van der Waals surface area contributed by atoms with Crippen molar-refractivity contribution in [3.63, 3.8) is 0 Å². The number of rotatable bonds is 4. The van der Waals surface area contributed by atoms with Crippen LogP contribution in [0.1, 0.15) is 5.56 Å². The number of amides is 1. The highest BCUT2D eigenvalue weighted by Crippen LogP contribution is 2.11. The second-order valence-corrected chi connectivity index (χ2v) is 5.70. The number of nitro benzene ring substituents is 1. The lowest BCUT2D eigenvalue weighted by Crippen LogP contribution is -2.44. The molecule has 1 aliphatic rings. The molecule has 106 valence electrons. The molecule has 1 saturated heterocycles. The molecule has 0 aromatic heterocycles. The Hall–Kier alpha value is -1.59. The number of non-ortho nitro benzene ring substituents is 1. The molecule has 1 amide bonds. The minimum absolute atomic E-state index is 0.0140. The molecule has 2 atom stereocenters. The molecule has 20 heavy (non-hydrogen) atoms. The third-order valence-corrected chi connectivity index (χ3v) is 3.85. The van der Waals surface area contributed by atoms with E-state index in [2.05, 4.69) is 44.0 Å². The van der Waals surface area contributed by atoms with Crippen LogP contribution < -0.4 is 16.3 Å². The fraction of sp³-hybridized carbons (Fsp3) is 0.273. The van der Waals surface area contributed by atoms with Crippen LogP contribution in [0.3, 0.4) is 0 Å². The van der Waals surface area contributed by atoms with Gasteiger partial charge in [0.15, 0.2) is 0 Å². The van der Waals surface area contributed by atoms with Crippen molar-refractivity contribution in [2.24, 2.45) is 5.10 Å². The summed E-state index contributed by atoms with van der Waals surface area (Å²) in [5.41, 5.74) is 8.86. The normalized spacial score (nSPS) is 22.1. The average molecular weight is 389 g/mol. The summed E-state index contributed by atoms with van der Waals surface area (Å²) in [6, 6.07) is 5.55. The Kier molecular flexibility index (Phi) is 4.98. The topological polar surface area (TPSA) is 109 Å². The molecule has 1 aliphatic heterocycles. The molecule has 1 heterocycles. The maximum Gasteiger partial charge on any atom is 0.269 e. The first-order valence-corrected chi connectivity index (χ1v) is 7.02. The summed E-state index contributed by atoms with van der Waals surface area (Å²) in [5.74, 6) is -0.229. The van der Waals surface area contributed by atoms with E-state index in [0.29, 0.717) is 12.1 Å². The summed E-state index contributed by atoms with van der Waals surface area (Å²) in [5, 5.41) is 14.3. The van der Waals surface area contributed by atoms with Crippen molar-refractivity contribution in [3.8, 4) is 0 Å². The van der Waals surface area contributed by atoms with E-state index in [9.17, 15) is 14.9 Å². The number of nitrogens with zero attached hydrogens (tertiary/aromatic N) is 2. The first-order valence-electron chi connectivity index (χ1n) is 5.78. The number of halogens is 1. The van der Waals surface area contributed by atoms with E-state index in [1.54, 1.807) is 12.1 Å². The SMILES string of the molecule is O=C(N/N=C/c1ccc([N+](=O)[O-])cc1)C1NNCC1I. The number of hydrogen-bond acceptors (Lipinski definition) is 6.